The molecule has 4 rings (SSSR count). The van der Waals surface area contributed by atoms with E-state index in [1.54, 1.807) is 24.3 Å². The van der Waals surface area contributed by atoms with E-state index >= 15 is 0 Å². The number of hydrogen-bond acceptors (Lipinski definition) is 9. The first-order chi connectivity index (χ1) is 15.7. The van der Waals surface area contributed by atoms with Crippen LogP contribution in [0.5, 0.6) is 11.5 Å². The number of nitrogens with one attached hydrogen (secondary N) is 3. The number of aliphatic imine (C=N–C) groups is 1. The van der Waals surface area contributed by atoms with Gasteiger partial charge in [-0.15, -0.1) is 10.2 Å². The summed E-state index contributed by atoms with van der Waals surface area (Å²) in [5, 5.41) is 13.5. The second-order valence-corrected chi connectivity index (χ2v) is 6.87. The average Bonchev–Trinajstić information content (AvgIpc) is 3.21. The van der Waals surface area contributed by atoms with Crippen molar-refractivity contribution in [1.29, 1.82) is 0 Å². The first kappa shape index (κ1) is 22.0. The van der Waals surface area contributed by atoms with Crippen LogP contribution in [-0.2, 0) is 6.18 Å². The van der Waals surface area contributed by atoms with E-state index in [1.807, 2.05) is 0 Å². The lowest BCUT2D eigenvalue weighted by atomic mass is 10.2. The van der Waals surface area contributed by atoms with Crippen molar-refractivity contribution in [2.45, 2.75) is 12.3 Å². The van der Waals surface area contributed by atoms with Crippen LogP contribution in [0, 0.1) is 0 Å². The average molecular weight is 460 g/mol. The van der Waals surface area contributed by atoms with Gasteiger partial charge in [0.2, 0.25) is 11.8 Å². The van der Waals surface area contributed by atoms with Crippen LogP contribution in [-0.4, -0.2) is 34.4 Å². The van der Waals surface area contributed by atoms with Gasteiger partial charge < -0.3 is 36.6 Å². The van der Waals surface area contributed by atoms with Crippen molar-refractivity contribution in [2.24, 2.45) is 16.5 Å². The van der Waals surface area contributed by atoms with Gasteiger partial charge in [0.1, 0.15) is 6.17 Å². The lowest BCUT2D eigenvalue weighted by Crippen LogP contribution is -2.46. The third-order valence-corrected chi connectivity index (χ3v) is 4.46. The molecule has 172 valence electrons. The predicted molar refractivity (Wildman–Crippen MR) is 115 cm³/mol. The summed E-state index contributed by atoms with van der Waals surface area (Å²) in [6.07, 6.45) is -3.44. The van der Waals surface area contributed by atoms with Gasteiger partial charge in [0.05, 0.1) is 12.7 Å². The zero-order valence-corrected chi connectivity index (χ0v) is 17.1. The highest BCUT2D eigenvalue weighted by Crippen LogP contribution is 2.34. The molecule has 0 saturated carbocycles. The molecule has 0 aliphatic carbocycles. The third-order valence-electron chi connectivity index (χ3n) is 4.46. The van der Waals surface area contributed by atoms with Crippen molar-refractivity contribution in [3.05, 3.63) is 60.0 Å². The second kappa shape index (κ2) is 8.70. The van der Waals surface area contributed by atoms with Gasteiger partial charge in [-0.3, -0.25) is 0 Å². The van der Waals surface area contributed by atoms with Crippen molar-refractivity contribution in [3.63, 3.8) is 0 Å². The van der Waals surface area contributed by atoms with Crippen LogP contribution < -0.4 is 31.6 Å². The summed E-state index contributed by atoms with van der Waals surface area (Å²) >= 11 is 0. The van der Waals surface area contributed by atoms with Crippen LogP contribution in [0.3, 0.4) is 0 Å². The third kappa shape index (κ3) is 5.15. The summed E-state index contributed by atoms with van der Waals surface area (Å²) in [5.41, 5.74) is 11.5. The number of methoxy groups -OCH3 is 1. The molecule has 0 saturated heterocycles. The Balaban J connectivity index is 1.52. The van der Waals surface area contributed by atoms with Gasteiger partial charge in [0.15, 0.2) is 23.3 Å². The molecule has 3 aromatic rings. The number of aromatic amines is 1. The van der Waals surface area contributed by atoms with E-state index < -0.39 is 17.9 Å². The standard InChI is InChI=1S/C20H19F3N8O2/c1-32-14-7-10(5-6-13(14)33-16-9-15(24)27-18(25)28-16)17-29-19(31-30-17)26-12-4-2-3-11(8-12)20(21,22)23/h2-9,15H,24H2,1H3,(H3,25,27,28)(H2,26,29,30,31). The zero-order chi connectivity index (χ0) is 23.6. The highest BCUT2D eigenvalue weighted by atomic mass is 19.4. The van der Waals surface area contributed by atoms with Crippen LogP contribution in [0.15, 0.2) is 59.4 Å². The summed E-state index contributed by atoms with van der Waals surface area (Å²) < 4.78 is 49.8. The van der Waals surface area contributed by atoms with Gasteiger partial charge in [-0.05, 0) is 36.4 Å². The number of nitrogens with zero attached hydrogens (tertiary/aromatic N) is 3. The van der Waals surface area contributed by atoms with Gasteiger partial charge in [-0.2, -0.15) is 18.2 Å². The topological polar surface area (TPSA) is 148 Å². The number of aromatic nitrogens is 3. The quantitative estimate of drug-likeness (QED) is 0.377. The van der Waals surface area contributed by atoms with Gasteiger partial charge in [0.25, 0.3) is 0 Å². The minimum absolute atomic E-state index is 0.123. The van der Waals surface area contributed by atoms with Crippen LogP contribution >= 0.6 is 0 Å². The molecule has 33 heavy (non-hydrogen) atoms. The number of H-pyrrole nitrogens is 1. The smallest absolute Gasteiger partial charge is 0.416 e. The number of alkyl halides is 3. The molecule has 13 heteroatoms. The van der Waals surface area contributed by atoms with E-state index in [9.17, 15) is 13.2 Å². The van der Waals surface area contributed by atoms with Crippen LogP contribution in [0.25, 0.3) is 11.4 Å². The molecule has 1 atom stereocenters. The van der Waals surface area contributed by atoms with Gasteiger partial charge in [-0.25, -0.2) is 0 Å². The van der Waals surface area contributed by atoms with Crippen molar-refractivity contribution in [1.82, 2.24) is 20.5 Å². The lowest BCUT2D eigenvalue weighted by Gasteiger charge is -2.18. The molecule has 0 radical (unpaired) electrons. The number of nitrogens with two attached hydrogens (primary N) is 2. The summed E-state index contributed by atoms with van der Waals surface area (Å²) in [6, 6.07) is 9.74. The summed E-state index contributed by atoms with van der Waals surface area (Å²) in [4.78, 5) is 6.94. The van der Waals surface area contributed by atoms with E-state index in [1.165, 1.54) is 19.2 Å². The molecule has 0 amide bonds. The van der Waals surface area contributed by atoms with Gasteiger partial charge >= 0.3 is 6.18 Å². The normalized spacial score (nSPS) is 15.8. The first-order valence-corrected chi connectivity index (χ1v) is 9.52. The lowest BCUT2D eigenvalue weighted by molar-refractivity contribution is -0.137. The number of guanidine groups is 1. The second-order valence-electron chi connectivity index (χ2n) is 6.87. The van der Waals surface area contributed by atoms with Gasteiger partial charge in [-0.1, -0.05) is 6.07 Å². The number of halogens is 3. The monoisotopic (exact) mass is 460 g/mol. The van der Waals surface area contributed by atoms with Crippen molar-refractivity contribution >= 4 is 17.6 Å². The van der Waals surface area contributed by atoms with Gasteiger partial charge in [0, 0.05) is 17.3 Å². The molecular formula is C20H19F3N8O2. The van der Waals surface area contributed by atoms with E-state index in [2.05, 4.69) is 30.8 Å². The number of rotatable bonds is 6. The molecular weight excluding hydrogens is 441 g/mol. The fraction of sp³-hybridized carbons (Fsp3) is 0.150. The van der Waals surface area contributed by atoms with Crippen LogP contribution in [0.4, 0.5) is 24.8 Å². The molecule has 1 aliphatic heterocycles. The minimum atomic E-state index is -4.45. The minimum Gasteiger partial charge on any atom is -0.493 e. The first-order valence-electron chi connectivity index (χ1n) is 9.52. The van der Waals surface area contributed by atoms with E-state index in [0.717, 1.165) is 12.1 Å². The Morgan fingerprint density at radius 1 is 1.09 bits per heavy atom. The summed E-state index contributed by atoms with van der Waals surface area (Å²) in [6.45, 7) is 0. The highest BCUT2D eigenvalue weighted by molar-refractivity contribution is 5.80. The SMILES string of the molecule is COc1cc(-c2nnc(Nc3cccc(C(F)(F)F)c3)[nH]2)ccc1OC1=CC(N)NC(N)=N1. The van der Waals surface area contributed by atoms with E-state index in [0.29, 0.717) is 22.9 Å². The molecule has 1 unspecified atom stereocenters. The number of hydrogen-bond donors (Lipinski definition) is 5. The van der Waals surface area contributed by atoms with Crippen molar-refractivity contribution in [3.8, 4) is 22.9 Å². The molecule has 10 nitrogen and oxygen atoms in total. The van der Waals surface area contributed by atoms with E-state index in [4.69, 9.17) is 20.9 Å². The molecule has 2 heterocycles. The van der Waals surface area contributed by atoms with Crippen LogP contribution in [0.2, 0.25) is 0 Å². The molecule has 0 bridgehead atoms. The predicted octanol–water partition coefficient (Wildman–Crippen LogP) is 2.67. The largest absolute Gasteiger partial charge is 0.493 e. The fourth-order valence-corrected chi connectivity index (χ4v) is 2.98. The Hall–Kier alpha value is -4.26. The number of anilines is 2. The molecule has 1 aromatic heterocycles. The summed E-state index contributed by atoms with van der Waals surface area (Å²) in [5.74, 6) is 1.59. The van der Waals surface area contributed by atoms with Crippen molar-refractivity contribution in [2.75, 3.05) is 12.4 Å². The molecule has 0 fully saturated rings. The Kier molecular flexibility index (Phi) is 5.79. The number of benzene rings is 2. The zero-order valence-electron chi connectivity index (χ0n) is 17.1. The molecule has 2 aromatic carbocycles. The maximum absolute atomic E-state index is 12.9. The Labute approximate surface area is 185 Å². The Morgan fingerprint density at radius 2 is 1.91 bits per heavy atom. The Morgan fingerprint density at radius 3 is 2.64 bits per heavy atom. The maximum atomic E-state index is 12.9. The maximum Gasteiger partial charge on any atom is 0.416 e. The van der Waals surface area contributed by atoms with E-state index in [-0.39, 0.29) is 23.5 Å². The Bertz CT molecular complexity index is 1220. The molecule has 0 spiro atoms. The van der Waals surface area contributed by atoms with Crippen molar-refractivity contribution < 1.29 is 22.6 Å². The number of ether oxygens (including phenoxy) is 2. The molecule has 7 N–H and O–H groups in total. The fourth-order valence-electron chi connectivity index (χ4n) is 2.98. The highest BCUT2D eigenvalue weighted by Gasteiger charge is 2.30. The van der Waals surface area contributed by atoms with Crippen LogP contribution in [0.1, 0.15) is 5.56 Å². The molecule has 1 aliphatic rings. The summed E-state index contributed by atoms with van der Waals surface area (Å²) in [7, 11) is 1.47.